The van der Waals surface area contributed by atoms with Gasteiger partial charge in [-0.05, 0) is 49.4 Å². The molecule has 0 spiro atoms. The third-order valence-electron chi connectivity index (χ3n) is 5.81. The van der Waals surface area contributed by atoms with E-state index in [1.807, 2.05) is 11.4 Å². The van der Waals surface area contributed by atoms with Crippen LogP contribution in [0, 0.1) is 5.82 Å². The van der Waals surface area contributed by atoms with Gasteiger partial charge in [0, 0.05) is 49.4 Å². The summed E-state index contributed by atoms with van der Waals surface area (Å²) in [6.45, 7) is 2.22. The van der Waals surface area contributed by atoms with E-state index in [1.165, 1.54) is 23.5 Å². The van der Waals surface area contributed by atoms with Gasteiger partial charge < -0.3 is 20.7 Å². The summed E-state index contributed by atoms with van der Waals surface area (Å²) >= 11 is 7.96. The summed E-state index contributed by atoms with van der Waals surface area (Å²) in [4.78, 5) is 9.16. The molecule has 6 nitrogen and oxygen atoms in total. The Kier molecular flexibility index (Phi) is 8.50. The number of pyridine rings is 1. The Morgan fingerprint density at radius 2 is 1.91 bits per heavy atom. The first-order valence-corrected chi connectivity index (χ1v) is 12.4. The van der Waals surface area contributed by atoms with Crippen LogP contribution in [0.15, 0.2) is 41.9 Å². The zero-order valence-electron chi connectivity index (χ0n) is 18.6. The number of benzene rings is 1. The fourth-order valence-corrected chi connectivity index (χ4v) is 4.90. The maximum Gasteiger partial charge on any atom is 0.183 e. The normalized spacial score (nSPS) is 18.3. The molecule has 0 radical (unpaired) electrons. The number of methoxy groups -OCH3 is 1. The van der Waals surface area contributed by atoms with Crippen LogP contribution < -0.4 is 16.0 Å². The topological polar surface area (TPSA) is 71.1 Å². The summed E-state index contributed by atoms with van der Waals surface area (Å²) in [7, 11) is 1.73. The Hall–Kier alpha value is -2.26. The molecule has 0 saturated heterocycles. The minimum absolute atomic E-state index is 0.237. The van der Waals surface area contributed by atoms with E-state index >= 15 is 0 Å². The van der Waals surface area contributed by atoms with Crippen LogP contribution in [0.4, 0.5) is 15.3 Å². The monoisotopic (exact) mass is 489 g/mol. The number of halogens is 2. The van der Waals surface area contributed by atoms with E-state index in [0.717, 1.165) is 66.6 Å². The van der Waals surface area contributed by atoms with E-state index < -0.39 is 0 Å². The van der Waals surface area contributed by atoms with Crippen molar-refractivity contribution in [2.45, 2.75) is 44.3 Å². The van der Waals surface area contributed by atoms with Crippen molar-refractivity contribution >= 4 is 33.9 Å². The van der Waals surface area contributed by atoms with Crippen LogP contribution in [-0.2, 0) is 11.3 Å². The third kappa shape index (κ3) is 6.86. The number of ether oxygens (including phenoxy) is 1. The molecular formula is C24H29ClFN5OS. The highest BCUT2D eigenvalue weighted by Gasteiger charge is 2.21. The maximum atomic E-state index is 13.1. The molecule has 1 fully saturated rings. The van der Waals surface area contributed by atoms with Crippen LogP contribution in [0.25, 0.3) is 11.3 Å². The van der Waals surface area contributed by atoms with Crippen molar-refractivity contribution in [2.75, 3.05) is 30.9 Å². The number of hydrogen-bond acceptors (Lipinski definition) is 7. The fraction of sp³-hybridized carbons (Fsp3) is 0.417. The molecule has 176 valence electrons. The molecule has 3 aromatic rings. The Morgan fingerprint density at radius 3 is 2.67 bits per heavy atom. The molecule has 9 heteroatoms. The molecule has 1 aliphatic rings. The summed E-state index contributed by atoms with van der Waals surface area (Å²) in [5.41, 5.74) is 2.66. The highest BCUT2D eigenvalue weighted by Crippen LogP contribution is 2.32. The molecule has 0 bridgehead atoms. The van der Waals surface area contributed by atoms with Crippen LogP contribution in [0.3, 0.4) is 0 Å². The second-order valence-electron chi connectivity index (χ2n) is 8.21. The highest BCUT2D eigenvalue weighted by molar-refractivity contribution is 7.14. The summed E-state index contributed by atoms with van der Waals surface area (Å²) in [5, 5.41) is 13.8. The lowest BCUT2D eigenvalue weighted by atomic mass is 9.91. The molecule has 0 amide bonds. The number of nitrogens with zero attached hydrogens (tertiary/aromatic N) is 2. The van der Waals surface area contributed by atoms with Gasteiger partial charge in [-0.1, -0.05) is 23.7 Å². The number of hydrogen-bond donors (Lipinski definition) is 3. The Bertz CT molecular complexity index is 1020. The van der Waals surface area contributed by atoms with Gasteiger partial charge >= 0.3 is 0 Å². The third-order valence-corrected chi connectivity index (χ3v) is 6.91. The number of rotatable bonds is 10. The minimum atomic E-state index is -0.237. The minimum Gasteiger partial charge on any atom is -0.383 e. The molecule has 2 heterocycles. The van der Waals surface area contributed by atoms with E-state index in [2.05, 4.69) is 25.9 Å². The van der Waals surface area contributed by atoms with Gasteiger partial charge in [-0.2, -0.15) is 0 Å². The number of anilines is 2. The summed E-state index contributed by atoms with van der Waals surface area (Å²) < 4.78 is 18.2. The summed E-state index contributed by atoms with van der Waals surface area (Å²) in [6.07, 6.45) is 6.15. The van der Waals surface area contributed by atoms with E-state index in [4.69, 9.17) is 16.3 Å². The highest BCUT2D eigenvalue weighted by atomic mass is 35.5. The Morgan fingerprint density at radius 1 is 1.15 bits per heavy atom. The predicted molar refractivity (Wildman–Crippen MR) is 134 cm³/mol. The second kappa shape index (κ2) is 11.7. The molecule has 1 aromatic carbocycles. The van der Waals surface area contributed by atoms with E-state index in [1.54, 1.807) is 25.4 Å². The summed E-state index contributed by atoms with van der Waals surface area (Å²) in [5.74, 6) is 0.581. The zero-order chi connectivity index (χ0) is 23.0. The molecule has 0 atom stereocenters. The largest absolute Gasteiger partial charge is 0.383 e. The van der Waals surface area contributed by atoms with Crippen LogP contribution in [0.2, 0.25) is 5.02 Å². The number of nitrogens with one attached hydrogen (secondary N) is 3. The molecular weight excluding hydrogens is 461 g/mol. The molecule has 1 saturated carbocycles. The lowest BCUT2D eigenvalue weighted by Gasteiger charge is -2.30. The van der Waals surface area contributed by atoms with Crippen molar-refractivity contribution in [3.05, 3.63) is 58.3 Å². The van der Waals surface area contributed by atoms with E-state index in [9.17, 15) is 4.39 Å². The van der Waals surface area contributed by atoms with Gasteiger partial charge in [0.05, 0.1) is 17.3 Å². The van der Waals surface area contributed by atoms with Crippen molar-refractivity contribution in [1.29, 1.82) is 0 Å². The van der Waals surface area contributed by atoms with Crippen molar-refractivity contribution < 1.29 is 9.13 Å². The standard InChI is InChI=1S/C24H29ClFN5OS/c1-32-11-10-27-18-6-8-19(9-7-18)30-23-12-20(21(25)14-28-23)22-15-33-24(31-22)29-13-16-2-4-17(26)5-3-16/h2-5,12,14-15,18-19,27H,6-11,13H2,1H3,(H,28,30)(H,29,31)/t18-,19-. The molecule has 0 unspecified atom stereocenters. The fourth-order valence-electron chi connectivity index (χ4n) is 3.99. The maximum absolute atomic E-state index is 13.1. The Labute approximate surface area is 203 Å². The van der Waals surface area contributed by atoms with E-state index in [0.29, 0.717) is 23.7 Å². The first-order chi connectivity index (χ1) is 16.1. The molecule has 4 rings (SSSR count). The van der Waals surface area contributed by atoms with Gasteiger partial charge in [0.15, 0.2) is 5.13 Å². The summed E-state index contributed by atoms with van der Waals surface area (Å²) in [6, 6.07) is 9.37. The molecule has 3 N–H and O–H groups in total. The lowest BCUT2D eigenvalue weighted by molar-refractivity contribution is 0.191. The molecule has 1 aliphatic carbocycles. The molecule has 0 aliphatic heterocycles. The van der Waals surface area contributed by atoms with Gasteiger partial charge in [0.1, 0.15) is 11.6 Å². The average molecular weight is 490 g/mol. The van der Waals surface area contributed by atoms with Gasteiger partial charge in [0.25, 0.3) is 0 Å². The van der Waals surface area contributed by atoms with Gasteiger partial charge in [-0.3, -0.25) is 0 Å². The van der Waals surface area contributed by atoms with Crippen LogP contribution in [-0.4, -0.2) is 42.3 Å². The van der Waals surface area contributed by atoms with Crippen molar-refractivity contribution in [3.8, 4) is 11.3 Å². The second-order valence-corrected chi connectivity index (χ2v) is 9.47. The number of aromatic nitrogens is 2. The van der Waals surface area contributed by atoms with Crippen molar-refractivity contribution in [3.63, 3.8) is 0 Å². The first-order valence-electron chi connectivity index (χ1n) is 11.2. The van der Waals surface area contributed by atoms with Crippen LogP contribution >= 0.6 is 22.9 Å². The zero-order valence-corrected chi connectivity index (χ0v) is 20.2. The SMILES string of the molecule is COCCN[C@H]1CC[C@H](Nc2cc(-c3csc(NCc4ccc(F)cc4)n3)c(Cl)cn2)CC1. The molecule has 33 heavy (non-hydrogen) atoms. The first kappa shape index (κ1) is 23.9. The van der Waals surface area contributed by atoms with Crippen molar-refractivity contribution in [1.82, 2.24) is 15.3 Å². The number of thiazole rings is 1. The van der Waals surface area contributed by atoms with Crippen LogP contribution in [0.5, 0.6) is 0 Å². The van der Waals surface area contributed by atoms with E-state index in [-0.39, 0.29) is 5.82 Å². The van der Waals surface area contributed by atoms with Gasteiger partial charge in [-0.25, -0.2) is 14.4 Å². The van der Waals surface area contributed by atoms with Gasteiger partial charge in [0.2, 0.25) is 0 Å². The average Bonchev–Trinajstić information content (AvgIpc) is 3.30. The smallest absolute Gasteiger partial charge is 0.183 e. The Balaban J connectivity index is 1.33. The van der Waals surface area contributed by atoms with Crippen LogP contribution in [0.1, 0.15) is 31.2 Å². The quantitative estimate of drug-likeness (QED) is 0.323. The van der Waals surface area contributed by atoms with Gasteiger partial charge in [-0.15, -0.1) is 11.3 Å². The molecule has 2 aromatic heterocycles. The van der Waals surface area contributed by atoms with Crippen molar-refractivity contribution in [2.24, 2.45) is 0 Å². The predicted octanol–water partition coefficient (Wildman–Crippen LogP) is 5.57. The lowest BCUT2D eigenvalue weighted by Crippen LogP contribution is -2.38.